The van der Waals surface area contributed by atoms with Gasteiger partial charge in [-0.2, -0.15) is 0 Å². The molecule has 3 fully saturated rings. The number of ether oxygens (including phenoxy) is 3. The first-order chi connectivity index (χ1) is 16.3. The van der Waals surface area contributed by atoms with Crippen LogP contribution in [0.3, 0.4) is 0 Å². The van der Waals surface area contributed by atoms with Crippen molar-refractivity contribution in [2.75, 3.05) is 14.2 Å². The molecule has 0 aromatic heterocycles. The highest BCUT2D eigenvalue weighted by Crippen LogP contribution is 2.73. The lowest BCUT2D eigenvalue weighted by molar-refractivity contribution is -0.229. The average molecular weight is 488 g/mol. The Kier molecular flexibility index (Phi) is 5.81. The summed E-state index contributed by atoms with van der Waals surface area (Å²) in [4.78, 5) is 26.0. The number of hydrogen-bond acceptors (Lipinski definition) is 5. The number of fused-ring (bicyclic) bond motifs is 6. The van der Waals surface area contributed by atoms with E-state index in [1.807, 2.05) is 0 Å². The number of carbonyl (C=O) groups is 2. The molecule has 4 aliphatic carbocycles. The van der Waals surface area contributed by atoms with Crippen LogP contribution in [0.5, 0.6) is 0 Å². The Balaban J connectivity index is 1.68. The fraction of sp³-hybridized carbons (Fsp3) is 0.862. The van der Waals surface area contributed by atoms with Gasteiger partial charge in [0.25, 0.3) is 0 Å². The summed E-state index contributed by atoms with van der Waals surface area (Å²) in [6.07, 6.45) is 6.73. The molecule has 5 rings (SSSR count). The van der Waals surface area contributed by atoms with Gasteiger partial charge in [-0.3, -0.25) is 9.59 Å². The van der Waals surface area contributed by atoms with Crippen molar-refractivity contribution in [2.45, 2.75) is 105 Å². The molecule has 0 aromatic carbocycles. The summed E-state index contributed by atoms with van der Waals surface area (Å²) in [7, 11) is 3.36. The molecular weight excluding hydrogens is 442 g/mol. The first-order valence-corrected chi connectivity index (χ1v) is 13.6. The summed E-state index contributed by atoms with van der Waals surface area (Å²) in [5.41, 5.74) is 1.61. The summed E-state index contributed by atoms with van der Waals surface area (Å²) in [5, 5.41) is 3.03. The Morgan fingerprint density at radius 1 is 0.914 bits per heavy atom. The van der Waals surface area contributed by atoms with Gasteiger partial charge in [0.05, 0.1) is 6.10 Å². The van der Waals surface area contributed by atoms with E-state index in [1.54, 1.807) is 14.2 Å². The summed E-state index contributed by atoms with van der Waals surface area (Å²) >= 11 is 0. The highest BCUT2D eigenvalue weighted by atomic mass is 16.5. The Bertz CT molecular complexity index is 957. The molecular formula is C29H45NO5. The molecule has 6 nitrogen and oxygen atoms in total. The van der Waals surface area contributed by atoms with Crippen LogP contribution in [0, 0.1) is 39.4 Å². The third-order valence-corrected chi connectivity index (χ3v) is 11.7. The van der Waals surface area contributed by atoms with Crippen molar-refractivity contribution in [3.05, 3.63) is 11.1 Å². The van der Waals surface area contributed by atoms with Gasteiger partial charge in [-0.1, -0.05) is 41.0 Å². The predicted molar refractivity (Wildman–Crippen MR) is 133 cm³/mol. The molecule has 1 amide bonds. The molecule has 0 saturated heterocycles. The zero-order chi connectivity index (χ0) is 25.6. The number of carbonyl (C=O) groups excluding carboxylic acids is 2. The van der Waals surface area contributed by atoms with Gasteiger partial charge in [0.1, 0.15) is 6.10 Å². The Morgan fingerprint density at radius 3 is 2.23 bits per heavy atom. The van der Waals surface area contributed by atoms with Gasteiger partial charge in [-0.05, 0) is 72.5 Å². The molecule has 1 N–H and O–H groups in total. The largest absolute Gasteiger partial charge is 0.462 e. The summed E-state index contributed by atoms with van der Waals surface area (Å²) in [6.45, 7) is 13.6. The van der Waals surface area contributed by atoms with Gasteiger partial charge in [-0.25, -0.2) is 0 Å². The Labute approximate surface area is 210 Å². The second-order valence-electron chi connectivity index (χ2n) is 13.5. The van der Waals surface area contributed by atoms with Crippen molar-refractivity contribution in [1.29, 1.82) is 0 Å². The maximum atomic E-state index is 13.5. The van der Waals surface area contributed by atoms with E-state index in [4.69, 9.17) is 14.2 Å². The number of esters is 1. The van der Waals surface area contributed by atoms with E-state index in [0.29, 0.717) is 17.3 Å². The first kappa shape index (κ1) is 25.3. The van der Waals surface area contributed by atoms with Gasteiger partial charge in [0.15, 0.2) is 6.23 Å². The second-order valence-corrected chi connectivity index (χ2v) is 13.5. The fourth-order valence-electron chi connectivity index (χ4n) is 10.4. The van der Waals surface area contributed by atoms with E-state index in [-0.39, 0.29) is 40.8 Å². The molecule has 3 saturated carbocycles. The van der Waals surface area contributed by atoms with Crippen LogP contribution in [0.2, 0.25) is 0 Å². The highest BCUT2D eigenvalue weighted by Gasteiger charge is 2.70. The number of amides is 1. The van der Waals surface area contributed by atoms with Gasteiger partial charge in [-0.15, -0.1) is 0 Å². The van der Waals surface area contributed by atoms with Crippen LogP contribution < -0.4 is 5.32 Å². The van der Waals surface area contributed by atoms with Crippen LogP contribution >= 0.6 is 0 Å². The van der Waals surface area contributed by atoms with Crippen molar-refractivity contribution < 1.29 is 23.8 Å². The quantitative estimate of drug-likeness (QED) is 0.567. The summed E-state index contributed by atoms with van der Waals surface area (Å²) < 4.78 is 17.9. The van der Waals surface area contributed by atoms with Crippen LogP contribution in [0.25, 0.3) is 0 Å². The lowest BCUT2D eigenvalue weighted by Crippen LogP contribution is -2.66. The van der Waals surface area contributed by atoms with Crippen molar-refractivity contribution in [3.8, 4) is 0 Å². The van der Waals surface area contributed by atoms with Crippen LogP contribution in [0.15, 0.2) is 11.1 Å². The maximum Gasteiger partial charge on any atom is 0.302 e. The van der Waals surface area contributed by atoms with E-state index in [9.17, 15) is 9.59 Å². The van der Waals surface area contributed by atoms with Crippen LogP contribution in [0.4, 0.5) is 0 Å². The van der Waals surface area contributed by atoms with Gasteiger partial charge >= 0.3 is 5.97 Å². The lowest BCUT2D eigenvalue weighted by atomic mass is 9.35. The van der Waals surface area contributed by atoms with Gasteiger partial charge in [0, 0.05) is 37.7 Å². The molecule has 35 heavy (non-hydrogen) atoms. The maximum absolute atomic E-state index is 13.5. The third kappa shape index (κ3) is 3.27. The van der Waals surface area contributed by atoms with E-state index in [2.05, 4.69) is 39.9 Å². The molecule has 5 aliphatic rings. The fourth-order valence-corrected chi connectivity index (χ4v) is 10.4. The average Bonchev–Trinajstić information content (AvgIpc) is 3.11. The molecule has 1 aliphatic heterocycles. The molecule has 9 atom stereocenters. The number of rotatable bonds is 3. The van der Waals surface area contributed by atoms with Crippen molar-refractivity contribution >= 4 is 11.9 Å². The minimum absolute atomic E-state index is 0.0326. The number of methoxy groups -OCH3 is 2. The summed E-state index contributed by atoms with van der Waals surface area (Å²) in [6, 6.07) is 0. The minimum atomic E-state index is -0.577. The molecule has 6 heteroatoms. The molecule has 0 spiro atoms. The lowest BCUT2D eigenvalue weighted by Gasteiger charge is -2.70. The predicted octanol–water partition coefficient (Wildman–Crippen LogP) is 5.01. The molecule has 0 radical (unpaired) electrons. The zero-order valence-electron chi connectivity index (χ0n) is 23.0. The topological polar surface area (TPSA) is 73.9 Å². The summed E-state index contributed by atoms with van der Waals surface area (Å²) in [5.74, 6) is 0.897. The van der Waals surface area contributed by atoms with E-state index in [0.717, 1.165) is 30.4 Å². The van der Waals surface area contributed by atoms with E-state index >= 15 is 0 Å². The van der Waals surface area contributed by atoms with E-state index < -0.39 is 11.6 Å². The van der Waals surface area contributed by atoms with Gasteiger partial charge in [0.2, 0.25) is 5.91 Å². The smallest absolute Gasteiger partial charge is 0.302 e. The normalized spacial score (nSPS) is 48.3. The molecule has 0 bridgehead atoms. The third-order valence-electron chi connectivity index (χ3n) is 11.7. The van der Waals surface area contributed by atoms with Crippen LogP contribution in [0.1, 0.15) is 86.5 Å². The van der Waals surface area contributed by atoms with Crippen molar-refractivity contribution in [2.24, 2.45) is 39.4 Å². The Morgan fingerprint density at radius 2 is 1.60 bits per heavy atom. The van der Waals surface area contributed by atoms with Crippen molar-refractivity contribution in [3.63, 3.8) is 0 Å². The molecule has 196 valence electrons. The zero-order valence-corrected chi connectivity index (χ0v) is 23.0. The molecule has 0 aromatic rings. The minimum Gasteiger partial charge on any atom is -0.462 e. The first-order valence-electron chi connectivity index (χ1n) is 13.6. The highest BCUT2D eigenvalue weighted by molar-refractivity contribution is 5.99. The SMILES string of the molecule is CO[C@H]1NC(=O)C2=C1[C@H](OC)C[C@H]1[C@]3(C)CC[C@H]4C(C)(C)CCC[C@]4(C)[C@H]3C[C@@H](OC(C)=O)[C@]21C. The van der Waals surface area contributed by atoms with Crippen LogP contribution in [-0.4, -0.2) is 44.5 Å². The molecule has 1 heterocycles. The number of hydrogen-bond donors (Lipinski definition) is 1. The van der Waals surface area contributed by atoms with Crippen molar-refractivity contribution in [1.82, 2.24) is 5.32 Å². The second kappa shape index (κ2) is 8.05. The van der Waals surface area contributed by atoms with Gasteiger partial charge < -0.3 is 19.5 Å². The number of nitrogens with one attached hydrogen (secondary N) is 1. The Hall–Kier alpha value is -1.40. The van der Waals surface area contributed by atoms with Crippen LogP contribution in [-0.2, 0) is 23.8 Å². The standard InChI is InChI=1S/C29H45NO5/c1-16(31)35-21-15-19-27(4)12-9-11-26(2,3)18(27)10-13-28(19,5)20-14-17(33-7)22-23(29(20,21)6)24(32)30-25(22)34-8/h17-21,25H,9-15H2,1-8H3,(H,30,32)/t17-,18+,19-,20+,21-,25-,27+,28-,29-/m1/s1. The molecule has 0 unspecified atom stereocenters. The van der Waals surface area contributed by atoms with E-state index in [1.165, 1.54) is 32.6 Å². The monoisotopic (exact) mass is 487 g/mol.